The van der Waals surface area contributed by atoms with E-state index in [0.717, 1.165) is 24.7 Å². The summed E-state index contributed by atoms with van der Waals surface area (Å²) < 4.78 is 5.66. The third kappa shape index (κ3) is 3.51. The van der Waals surface area contributed by atoms with Gasteiger partial charge in [0.1, 0.15) is 11.6 Å². The third-order valence-electron chi connectivity index (χ3n) is 3.86. The lowest BCUT2D eigenvalue weighted by atomic mass is 9.95. The highest BCUT2D eigenvalue weighted by Crippen LogP contribution is 2.22. The minimum atomic E-state index is 0.250. The highest BCUT2D eigenvalue weighted by atomic mass is 16.5. The number of anilines is 2. The zero-order chi connectivity index (χ0) is 15.4. The van der Waals surface area contributed by atoms with Crippen LogP contribution in [0.25, 0.3) is 0 Å². The zero-order valence-electron chi connectivity index (χ0n) is 12.9. The Morgan fingerprint density at radius 3 is 2.77 bits per heavy atom. The summed E-state index contributed by atoms with van der Waals surface area (Å²) in [6.07, 6.45) is 8.15. The fraction of sp³-hybridized carbons (Fsp3) is 0.438. The maximum Gasteiger partial charge on any atom is 0.149 e. The van der Waals surface area contributed by atoms with Gasteiger partial charge in [0.2, 0.25) is 0 Å². The van der Waals surface area contributed by atoms with Crippen molar-refractivity contribution in [3.63, 3.8) is 0 Å². The van der Waals surface area contributed by atoms with Crippen LogP contribution in [0.5, 0.6) is 0 Å². The average Bonchev–Trinajstić information content (AvgIpc) is 2.95. The van der Waals surface area contributed by atoms with Crippen molar-refractivity contribution in [2.24, 2.45) is 5.92 Å². The number of aromatic nitrogens is 3. The highest BCUT2D eigenvalue weighted by Gasteiger charge is 2.28. The summed E-state index contributed by atoms with van der Waals surface area (Å²) in [5.41, 5.74) is 1.28. The maximum atomic E-state index is 5.66. The largest absolute Gasteiger partial charge is 0.379 e. The van der Waals surface area contributed by atoms with Crippen LogP contribution in [0.4, 0.5) is 11.6 Å². The number of rotatable bonds is 5. The van der Waals surface area contributed by atoms with Gasteiger partial charge in [0.25, 0.3) is 0 Å². The minimum Gasteiger partial charge on any atom is -0.379 e. The molecule has 0 amide bonds. The number of nitrogens with zero attached hydrogens (tertiary/aromatic N) is 4. The Morgan fingerprint density at radius 1 is 1.18 bits per heavy atom. The second-order valence-corrected chi connectivity index (χ2v) is 5.76. The monoisotopic (exact) mass is 299 g/mol. The summed E-state index contributed by atoms with van der Waals surface area (Å²) >= 11 is 0. The molecule has 116 valence electrons. The summed E-state index contributed by atoms with van der Waals surface area (Å²) in [7, 11) is 3.91. The van der Waals surface area contributed by atoms with Crippen LogP contribution in [0.3, 0.4) is 0 Å². The number of pyridine rings is 1. The van der Waals surface area contributed by atoms with E-state index in [1.54, 1.807) is 12.4 Å². The maximum absolute atomic E-state index is 5.66. The molecule has 1 N–H and O–H groups in total. The molecule has 2 atom stereocenters. The van der Waals surface area contributed by atoms with Gasteiger partial charge in [0.05, 0.1) is 31.6 Å². The first-order valence-corrected chi connectivity index (χ1v) is 7.45. The van der Waals surface area contributed by atoms with Gasteiger partial charge in [-0.15, -0.1) is 0 Å². The van der Waals surface area contributed by atoms with Gasteiger partial charge in [-0.25, -0.2) is 4.98 Å². The van der Waals surface area contributed by atoms with Crippen molar-refractivity contribution in [2.45, 2.75) is 12.5 Å². The summed E-state index contributed by atoms with van der Waals surface area (Å²) in [5.74, 6) is 2.06. The molecule has 0 saturated carbocycles. The smallest absolute Gasteiger partial charge is 0.149 e. The van der Waals surface area contributed by atoms with E-state index in [1.165, 1.54) is 5.56 Å². The molecule has 0 unspecified atom stereocenters. The Labute approximate surface area is 130 Å². The molecule has 0 radical (unpaired) electrons. The molecule has 1 saturated heterocycles. The van der Waals surface area contributed by atoms with Gasteiger partial charge in [-0.2, -0.15) is 0 Å². The van der Waals surface area contributed by atoms with E-state index in [2.05, 4.69) is 32.4 Å². The zero-order valence-corrected chi connectivity index (χ0v) is 12.9. The molecule has 0 aromatic carbocycles. The molecule has 3 rings (SSSR count). The molecule has 2 aromatic rings. The Balaban J connectivity index is 1.67. The first kappa shape index (κ1) is 14.7. The van der Waals surface area contributed by atoms with Crippen molar-refractivity contribution in [3.05, 3.63) is 42.5 Å². The van der Waals surface area contributed by atoms with Crippen LogP contribution in [0.15, 0.2) is 36.9 Å². The fourth-order valence-corrected chi connectivity index (χ4v) is 2.61. The van der Waals surface area contributed by atoms with Gasteiger partial charge in [-0.1, -0.05) is 0 Å². The number of ether oxygens (including phenoxy) is 1. The normalized spacial score (nSPS) is 20.8. The van der Waals surface area contributed by atoms with Crippen molar-refractivity contribution >= 4 is 11.6 Å². The Kier molecular flexibility index (Phi) is 4.48. The second kappa shape index (κ2) is 6.70. The molecular formula is C16H21N5O. The van der Waals surface area contributed by atoms with E-state index in [9.17, 15) is 0 Å². The minimum absolute atomic E-state index is 0.250. The molecule has 6 heteroatoms. The van der Waals surface area contributed by atoms with E-state index in [4.69, 9.17) is 4.74 Å². The first-order valence-electron chi connectivity index (χ1n) is 7.45. The van der Waals surface area contributed by atoms with E-state index in [-0.39, 0.29) is 6.04 Å². The van der Waals surface area contributed by atoms with Crippen molar-refractivity contribution in [2.75, 3.05) is 37.5 Å². The molecule has 0 aliphatic carbocycles. The Bertz CT molecular complexity index is 604. The molecule has 0 bridgehead atoms. The molecular weight excluding hydrogens is 278 g/mol. The van der Waals surface area contributed by atoms with Gasteiger partial charge in [0.15, 0.2) is 0 Å². The number of hydrogen-bond acceptors (Lipinski definition) is 6. The molecule has 2 aromatic heterocycles. The van der Waals surface area contributed by atoms with E-state index < -0.39 is 0 Å². The van der Waals surface area contributed by atoms with Gasteiger partial charge in [-0.05, 0) is 24.1 Å². The predicted octanol–water partition coefficient (Wildman–Crippen LogP) is 1.61. The first-order chi connectivity index (χ1) is 10.7. The van der Waals surface area contributed by atoms with Gasteiger partial charge >= 0.3 is 0 Å². The lowest BCUT2D eigenvalue weighted by molar-refractivity contribution is 0.185. The van der Waals surface area contributed by atoms with Crippen molar-refractivity contribution in [1.82, 2.24) is 15.0 Å². The van der Waals surface area contributed by atoms with Gasteiger partial charge in [-0.3, -0.25) is 9.97 Å². The lowest BCUT2D eigenvalue weighted by Crippen LogP contribution is -2.30. The molecule has 3 heterocycles. The number of nitrogens with one attached hydrogen (secondary N) is 1. The predicted molar refractivity (Wildman–Crippen MR) is 86.0 cm³/mol. The van der Waals surface area contributed by atoms with Crippen molar-refractivity contribution in [3.8, 4) is 0 Å². The van der Waals surface area contributed by atoms with Crippen LogP contribution in [0.2, 0.25) is 0 Å². The van der Waals surface area contributed by atoms with Crippen molar-refractivity contribution in [1.29, 1.82) is 0 Å². The molecule has 6 nitrogen and oxygen atoms in total. The SMILES string of the molecule is CN(C)c1cncc(N[C@@H]2COC[C@H]2Cc2ccncc2)n1. The van der Waals surface area contributed by atoms with Crippen LogP contribution >= 0.6 is 0 Å². The third-order valence-corrected chi connectivity index (χ3v) is 3.86. The molecule has 1 fully saturated rings. The summed E-state index contributed by atoms with van der Waals surface area (Å²) in [4.78, 5) is 14.8. The van der Waals surface area contributed by atoms with E-state index >= 15 is 0 Å². The van der Waals surface area contributed by atoms with Crippen LogP contribution in [-0.4, -0.2) is 48.3 Å². The van der Waals surface area contributed by atoms with Crippen LogP contribution in [0.1, 0.15) is 5.56 Å². The van der Waals surface area contributed by atoms with Gasteiger partial charge in [0, 0.05) is 32.4 Å². The summed E-state index contributed by atoms with van der Waals surface area (Å²) in [5, 5.41) is 3.47. The quantitative estimate of drug-likeness (QED) is 0.905. The fourth-order valence-electron chi connectivity index (χ4n) is 2.61. The topological polar surface area (TPSA) is 63.2 Å². The van der Waals surface area contributed by atoms with Crippen LogP contribution in [0, 0.1) is 5.92 Å². The summed E-state index contributed by atoms with van der Waals surface area (Å²) in [6.45, 7) is 1.46. The van der Waals surface area contributed by atoms with Gasteiger partial charge < -0.3 is 15.0 Å². The Morgan fingerprint density at radius 2 is 2.00 bits per heavy atom. The molecule has 22 heavy (non-hydrogen) atoms. The average molecular weight is 299 g/mol. The van der Waals surface area contributed by atoms with E-state index in [0.29, 0.717) is 12.5 Å². The summed E-state index contributed by atoms with van der Waals surface area (Å²) in [6, 6.07) is 4.36. The van der Waals surface area contributed by atoms with E-state index in [1.807, 2.05) is 31.4 Å². The lowest BCUT2D eigenvalue weighted by Gasteiger charge is -2.20. The van der Waals surface area contributed by atoms with Crippen LogP contribution in [-0.2, 0) is 11.2 Å². The molecule has 0 spiro atoms. The molecule has 1 aliphatic rings. The number of hydrogen-bond donors (Lipinski definition) is 1. The van der Waals surface area contributed by atoms with Crippen molar-refractivity contribution < 1.29 is 4.74 Å². The van der Waals surface area contributed by atoms with Crippen LogP contribution < -0.4 is 10.2 Å². The second-order valence-electron chi connectivity index (χ2n) is 5.76. The highest BCUT2D eigenvalue weighted by molar-refractivity contribution is 5.43. The molecule has 1 aliphatic heterocycles. The standard InChI is InChI=1S/C16H21N5O/c1-21(2)16-9-18-8-15(20-16)19-14-11-22-10-13(14)7-12-3-5-17-6-4-12/h3-6,8-9,13-14H,7,10-11H2,1-2H3,(H,19,20)/t13-,14-/m1/s1. The Hall–Kier alpha value is -2.21.